The lowest BCUT2D eigenvalue weighted by atomic mass is 10.1. The molecule has 0 radical (unpaired) electrons. The first-order chi connectivity index (χ1) is 10.6. The minimum atomic E-state index is -0.0582. The van der Waals surface area contributed by atoms with Crippen molar-refractivity contribution < 1.29 is 9.53 Å². The molecule has 2 rings (SSSR count). The number of ether oxygens (including phenoxy) is 1. The number of hydrogen-bond donors (Lipinski definition) is 1. The van der Waals surface area contributed by atoms with Gasteiger partial charge < -0.3 is 10.1 Å². The van der Waals surface area contributed by atoms with Crippen LogP contribution in [-0.4, -0.2) is 17.5 Å². The summed E-state index contributed by atoms with van der Waals surface area (Å²) in [6.45, 7) is 6.63. The first kappa shape index (κ1) is 16.5. The first-order valence-corrected chi connectivity index (χ1v) is 8.45. The van der Waals surface area contributed by atoms with E-state index in [9.17, 15) is 4.79 Å². The minimum absolute atomic E-state index is 0.0118. The van der Waals surface area contributed by atoms with Gasteiger partial charge >= 0.3 is 0 Å². The maximum absolute atomic E-state index is 12.1. The molecule has 4 nitrogen and oxygen atoms in total. The SMILES string of the molecule is CCOc1cccc([C@@H](C)NC(=O)Cc2csc(CC)n2)c1. The Balaban J connectivity index is 1.94. The molecule has 1 aromatic heterocycles. The van der Waals surface area contributed by atoms with Crippen LogP contribution >= 0.6 is 11.3 Å². The molecule has 0 unspecified atom stereocenters. The van der Waals surface area contributed by atoms with E-state index in [1.165, 1.54) is 0 Å². The number of rotatable bonds is 7. The predicted molar refractivity (Wildman–Crippen MR) is 89.4 cm³/mol. The Morgan fingerprint density at radius 3 is 2.91 bits per heavy atom. The van der Waals surface area contributed by atoms with Crippen LogP contribution in [0.3, 0.4) is 0 Å². The maximum Gasteiger partial charge on any atom is 0.226 e. The smallest absolute Gasteiger partial charge is 0.226 e. The van der Waals surface area contributed by atoms with Crippen molar-refractivity contribution in [2.24, 2.45) is 0 Å². The summed E-state index contributed by atoms with van der Waals surface area (Å²) in [7, 11) is 0. The van der Waals surface area contributed by atoms with E-state index in [1.54, 1.807) is 11.3 Å². The fourth-order valence-corrected chi connectivity index (χ4v) is 2.92. The van der Waals surface area contributed by atoms with Crippen molar-refractivity contribution in [3.8, 4) is 5.75 Å². The van der Waals surface area contributed by atoms with Crippen molar-refractivity contribution in [2.75, 3.05) is 6.61 Å². The number of thiazole rings is 1. The van der Waals surface area contributed by atoms with Crippen molar-refractivity contribution in [2.45, 2.75) is 39.7 Å². The van der Waals surface area contributed by atoms with E-state index in [-0.39, 0.29) is 11.9 Å². The summed E-state index contributed by atoms with van der Waals surface area (Å²) in [5.41, 5.74) is 1.88. The van der Waals surface area contributed by atoms with Crippen LogP contribution in [0, 0.1) is 0 Å². The number of carbonyl (C=O) groups excluding carboxylic acids is 1. The van der Waals surface area contributed by atoms with Crippen molar-refractivity contribution in [3.05, 3.63) is 45.9 Å². The first-order valence-electron chi connectivity index (χ1n) is 7.57. The zero-order chi connectivity index (χ0) is 15.9. The van der Waals surface area contributed by atoms with Crippen LogP contribution in [-0.2, 0) is 17.6 Å². The molecule has 0 spiro atoms. The molecule has 0 aliphatic carbocycles. The van der Waals surface area contributed by atoms with Gasteiger partial charge in [-0.3, -0.25) is 4.79 Å². The van der Waals surface area contributed by atoms with Crippen molar-refractivity contribution in [1.29, 1.82) is 0 Å². The monoisotopic (exact) mass is 318 g/mol. The Kier molecular flexibility index (Phi) is 5.95. The second-order valence-corrected chi connectivity index (χ2v) is 6.00. The number of benzene rings is 1. The quantitative estimate of drug-likeness (QED) is 0.850. The summed E-state index contributed by atoms with van der Waals surface area (Å²) in [5.74, 6) is 0.815. The Labute approximate surface area is 135 Å². The number of aryl methyl sites for hydroxylation is 1. The van der Waals surface area contributed by atoms with Crippen LogP contribution in [0.15, 0.2) is 29.6 Å². The average molecular weight is 318 g/mol. The van der Waals surface area contributed by atoms with Gasteiger partial charge in [-0.25, -0.2) is 4.98 Å². The summed E-state index contributed by atoms with van der Waals surface area (Å²) >= 11 is 1.61. The van der Waals surface area contributed by atoms with Gasteiger partial charge in [-0.2, -0.15) is 0 Å². The van der Waals surface area contributed by atoms with Crippen LogP contribution in [0.1, 0.15) is 43.1 Å². The van der Waals surface area contributed by atoms with Crippen molar-refractivity contribution >= 4 is 17.2 Å². The van der Waals surface area contributed by atoms with Crippen LogP contribution in [0.5, 0.6) is 5.75 Å². The van der Waals surface area contributed by atoms with E-state index in [0.717, 1.165) is 28.4 Å². The van der Waals surface area contributed by atoms with Gasteiger partial charge in [0.15, 0.2) is 0 Å². The third-order valence-electron chi connectivity index (χ3n) is 3.29. The highest BCUT2D eigenvalue weighted by Gasteiger charge is 2.12. The van der Waals surface area contributed by atoms with Crippen LogP contribution < -0.4 is 10.1 Å². The third-order valence-corrected chi connectivity index (χ3v) is 4.33. The van der Waals surface area contributed by atoms with Gasteiger partial charge in [0.1, 0.15) is 5.75 Å². The molecule has 0 fully saturated rings. The molecule has 2 aromatic rings. The molecule has 22 heavy (non-hydrogen) atoms. The van der Waals surface area contributed by atoms with Crippen LogP contribution in [0.2, 0.25) is 0 Å². The summed E-state index contributed by atoms with van der Waals surface area (Å²) in [4.78, 5) is 16.6. The fraction of sp³-hybridized carbons (Fsp3) is 0.412. The van der Waals surface area contributed by atoms with E-state index in [4.69, 9.17) is 4.74 Å². The number of hydrogen-bond acceptors (Lipinski definition) is 4. The summed E-state index contributed by atoms with van der Waals surface area (Å²) in [6, 6.07) is 7.76. The molecule has 1 N–H and O–H groups in total. The highest BCUT2D eigenvalue weighted by atomic mass is 32.1. The lowest BCUT2D eigenvalue weighted by molar-refractivity contribution is -0.121. The largest absolute Gasteiger partial charge is 0.494 e. The lowest BCUT2D eigenvalue weighted by Crippen LogP contribution is -2.28. The molecule has 0 saturated heterocycles. The molecule has 0 aliphatic heterocycles. The molecule has 118 valence electrons. The van der Waals surface area contributed by atoms with Gasteiger partial charge in [-0.15, -0.1) is 11.3 Å². The number of nitrogens with zero attached hydrogens (tertiary/aromatic N) is 1. The second-order valence-electron chi connectivity index (χ2n) is 5.06. The van der Waals surface area contributed by atoms with Gasteiger partial charge in [0.25, 0.3) is 0 Å². The van der Waals surface area contributed by atoms with E-state index in [2.05, 4.69) is 17.2 Å². The Bertz CT molecular complexity index is 625. The van der Waals surface area contributed by atoms with Gasteiger partial charge in [-0.05, 0) is 38.0 Å². The fourth-order valence-electron chi connectivity index (χ4n) is 2.17. The highest BCUT2D eigenvalue weighted by Crippen LogP contribution is 2.19. The summed E-state index contributed by atoms with van der Waals surface area (Å²) in [6.07, 6.45) is 1.24. The van der Waals surface area contributed by atoms with Crippen LogP contribution in [0.4, 0.5) is 0 Å². The normalized spacial score (nSPS) is 12.0. The highest BCUT2D eigenvalue weighted by molar-refractivity contribution is 7.09. The van der Waals surface area contributed by atoms with Crippen molar-refractivity contribution in [3.63, 3.8) is 0 Å². The number of carbonyl (C=O) groups is 1. The molecule has 0 saturated carbocycles. The topological polar surface area (TPSA) is 51.2 Å². The molecule has 0 aliphatic rings. The second kappa shape index (κ2) is 7.94. The van der Waals surface area contributed by atoms with E-state index in [0.29, 0.717) is 13.0 Å². The molecule has 1 amide bonds. The van der Waals surface area contributed by atoms with Gasteiger partial charge in [-0.1, -0.05) is 19.1 Å². The minimum Gasteiger partial charge on any atom is -0.494 e. The molecule has 1 atom stereocenters. The summed E-state index contributed by atoms with van der Waals surface area (Å²) in [5, 5.41) is 6.04. The Hall–Kier alpha value is -1.88. The Morgan fingerprint density at radius 1 is 1.41 bits per heavy atom. The zero-order valence-electron chi connectivity index (χ0n) is 13.3. The van der Waals surface area contributed by atoms with E-state index in [1.807, 2.05) is 43.5 Å². The van der Waals surface area contributed by atoms with Crippen LogP contribution in [0.25, 0.3) is 0 Å². The average Bonchev–Trinajstić information content (AvgIpc) is 2.95. The number of aromatic nitrogens is 1. The number of nitrogens with one attached hydrogen (secondary N) is 1. The van der Waals surface area contributed by atoms with Gasteiger partial charge in [0.05, 0.1) is 29.8 Å². The van der Waals surface area contributed by atoms with Gasteiger partial charge in [0.2, 0.25) is 5.91 Å². The summed E-state index contributed by atoms with van der Waals surface area (Å²) < 4.78 is 5.49. The Morgan fingerprint density at radius 2 is 2.23 bits per heavy atom. The van der Waals surface area contributed by atoms with E-state index >= 15 is 0 Å². The third kappa shape index (κ3) is 4.56. The van der Waals surface area contributed by atoms with Gasteiger partial charge in [0, 0.05) is 5.38 Å². The zero-order valence-corrected chi connectivity index (χ0v) is 14.1. The maximum atomic E-state index is 12.1. The number of amides is 1. The molecular formula is C17H22N2O2S. The standard InChI is InChI=1S/C17H22N2O2S/c1-4-17-19-14(11-22-17)10-16(20)18-12(3)13-7-6-8-15(9-13)21-5-2/h6-9,11-12H,4-5,10H2,1-3H3,(H,18,20)/t12-/m1/s1. The molecule has 1 heterocycles. The van der Waals surface area contributed by atoms with Crippen molar-refractivity contribution in [1.82, 2.24) is 10.3 Å². The predicted octanol–water partition coefficient (Wildman–Crippen LogP) is 3.52. The molecular weight excluding hydrogens is 296 g/mol. The molecule has 1 aromatic carbocycles. The molecule has 5 heteroatoms. The lowest BCUT2D eigenvalue weighted by Gasteiger charge is -2.15. The molecule has 0 bridgehead atoms. The van der Waals surface area contributed by atoms with E-state index < -0.39 is 0 Å².